The number of cyclic esters (lactones) is 1. The van der Waals surface area contributed by atoms with Gasteiger partial charge in [-0.3, -0.25) is 19.3 Å². The van der Waals surface area contributed by atoms with Gasteiger partial charge in [-0.25, -0.2) is 19.0 Å². The van der Waals surface area contributed by atoms with Crippen LogP contribution in [-0.4, -0.2) is 80.9 Å². The Hall–Kier alpha value is -4.89. The van der Waals surface area contributed by atoms with Crippen LogP contribution in [0.15, 0.2) is 16.9 Å². The third-order valence-electron chi connectivity index (χ3n) is 9.95. The van der Waals surface area contributed by atoms with Gasteiger partial charge in [-0.15, -0.1) is 0 Å². The Bertz CT molecular complexity index is 2130. The summed E-state index contributed by atoms with van der Waals surface area (Å²) in [6.45, 7) is 13.4. The number of hydrogen-bond acceptors (Lipinski definition) is 11. The van der Waals surface area contributed by atoms with Crippen molar-refractivity contribution in [3.63, 3.8) is 0 Å². The van der Waals surface area contributed by atoms with E-state index in [1.165, 1.54) is 10.6 Å². The average molecular weight is 750 g/mol. The van der Waals surface area contributed by atoms with Crippen LogP contribution in [0.25, 0.3) is 22.3 Å². The molecule has 3 aromatic rings. The van der Waals surface area contributed by atoms with Crippen molar-refractivity contribution >= 4 is 34.8 Å². The van der Waals surface area contributed by atoms with Crippen molar-refractivity contribution in [2.24, 2.45) is 0 Å². The molecule has 2 atom stereocenters. The van der Waals surface area contributed by atoms with Gasteiger partial charge in [-0.1, -0.05) is 6.92 Å². The maximum atomic E-state index is 15.3. The molecule has 3 N–H and O–H groups in total. The number of carbonyl (C=O) groups excluding carboxylic acids is 4. The van der Waals surface area contributed by atoms with Gasteiger partial charge in [0.25, 0.3) is 5.56 Å². The smallest absolute Gasteiger partial charge is 0.407 e. The third-order valence-corrected chi connectivity index (χ3v) is 9.95. The summed E-state index contributed by atoms with van der Waals surface area (Å²) in [5, 5.41) is 17.8. The molecule has 0 unspecified atom stereocenters. The van der Waals surface area contributed by atoms with Crippen LogP contribution in [0, 0.1) is 12.7 Å². The standard InChI is InChI=1S/C39H48FN5O9/c1-9-39(51)24-14-28-33-22(16-45(28)34(48)23(24)19-52-35(39)49)32-26(11-10-21-20(2)25(40)15-27(43-33)31(21)32)42-29(46)17-44(18-30(47)53-37(3,4)5)13-12-41-36(50)54-38(6,7)8/h14-15,26,51H,9-13,16-19H2,1-8H3,(H,41,50)(H,42,46)/t26-,39-/m0/s1. The quantitative estimate of drug-likeness (QED) is 0.168. The maximum absolute atomic E-state index is 15.3. The van der Waals surface area contributed by atoms with Crippen LogP contribution in [0.2, 0.25) is 0 Å². The summed E-state index contributed by atoms with van der Waals surface area (Å²) in [5.74, 6) is -2.22. The van der Waals surface area contributed by atoms with Crippen LogP contribution in [0.3, 0.4) is 0 Å². The van der Waals surface area contributed by atoms with Crippen LogP contribution in [0.5, 0.6) is 0 Å². The summed E-state index contributed by atoms with van der Waals surface area (Å²) >= 11 is 0. The van der Waals surface area contributed by atoms with Crippen LogP contribution < -0.4 is 16.2 Å². The number of nitrogens with one attached hydrogen (secondary N) is 2. The molecule has 0 saturated heterocycles. The molecule has 2 aromatic heterocycles. The van der Waals surface area contributed by atoms with Crippen LogP contribution >= 0.6 is 0 Å². The van der Waals surface area contributed by atoms with Gasteiger partial charge in [0.1, 0.15) is 23.6 Å². The summed E-state index contributed by atoms with van der Waals surface area (Å²) < 4.78 is 32.9. The number of nitrogens with zero attached hydrogens (tertiary/aromatic N) is 3. The van der Waals surface area contributed by atoms with Crippen LogP contribution in [0.1, 0.15) is 101 Å². The van der Waals surface area contributed by atoms with Crippen LogP contribution in [-0.2, 0) is 53.8 Å². The largest absolute Gasteiger partial charge is 0.459 e. The van der Waals surface area contributed by atoms with Gasteiger partial charge in [0.05, 0.1) is 48.1 Å². The minimum absolute atomic E-state index is 0.0189. The van der Waals surface area contributed by atoms with Gasteiger partial charge in [0, 0.05) is 35.7 Å². The molecule has 0 fully saturated rings. The number of esters is 2. The van der Waals surface area contributed by atoms with Gasteiger partial charge in [0.15, 0.2) is 5.60 Å². The van der Waals surface area contributed by atoms with E-state index in [0.717, 1.165) is 5.56 Å². The van der Waals surface area contributed by atoms with E-state index < -0.39 is 58.2 Å². The number of hydrogen-bond donors (Lipinski definition) is 3. The Labute approximate surface area is 312 Å². The van der Waals surface area contributed by atoms with Crippen molar-refractivity contribution in [2.75, 3.05) is 26.2 Å². The first kappa shape index (κ1) is 38.8. The topological polar surface area (TPSA) is 178 Å². The number of aryl methyl sites for hydroxylation is 1. The Morgan fingerprint density at radius 1 is 1.07 bits per heavy atom. The molecule has 1 aliphatic carbocycles. The molecule has 1 aromatic carbocycles. The monoisotopic (exact) mass is 749 g/mol. The molecule has 6 rings (SSSR count). The van der Waals surface area contributed by atoms with Crippen molar-refractivity contribution in [1.29, 1.82) is 0 Å². The fourth-order valence-corrected chi connectivity index (χ4v) is 7.54. The number of pyridine rings is 2. The Morgan fingerprint density at radius 2 is 1.78 bits per heavy atom. The molecule has 0 spiro atoms. The van der Waals surface area contributed by atoms with Crippen molar-refractivity contribution in [3.05, 3.63) is 61.7 Å². The molecule has 54 heavy (non-hydrogen) atoms. The molecular formula is C39H48FN5O9. The lowest BCUT2D eigenvalue weighted by Gasteiger charge is -2.31. The molecule has 0 radical (unpaired) electrons. The summed E-state index contributed by atoms with van der Waals surface area (Å²) in [7, 11) is 0. The van der Waals surface area contributed by atoms with Gasteiger partial charge >= 0.3 is 18.0 Å². The van der Waals surface area contributed by atoms with Gasteiger partial charge < -0.3 is 34.5 Å². The second-order valence-electron chi connectivity index (χ2n) is 16.2. The first-order valence-corrected chi connectivity index (χ1v) is 18.2. The number of ether oxygens (including phenoxy) is 3. The Balaban J connectivity index is 1.34. The van der Waals surface area contributed by atoms with E-state index in [9.17, 15) is 29.1 Å². The van der Waals surface area contributed by atoms with Crippen LogP contribution in [0.4, 0.5) is 9.18 Å². The normalized spacial score (nSPS) is 18.8. The van der Waals surface area contributed by atoms with E-state index in [0.29, 0.717) is 51.8 Å². The fraction of sp³-hybridized carbons (Fsp3) is 0.538. The maximum Gasteiger partial charge on any atom is 0.407 e. The molecular weight excluding hydrogens is 701 g/mol. The van der Waals surface area contributed by atoms with Gasteiger partial charge in [0.2, 0.25) is 5.91 Å². The molecule has 2 aliphatic heterocycles. The highest BCUT2D eigenvalue weighted by atomic mass is 19.1. The lowest BCUT2D eigenvalue weighted by molar-refractivity contribution is -0.172. The summed E-state index contributed by atoms with van der Waals surface area (Å²) in [6, 6.07) is 2.37. The second-order valence-corrected chi connectivity index (χ2v) is 16.2. The number of rotatable bonds is 9. The summed E-state index contributed by atoms with van der Waals surface area (Å²) in [4.78, 5) is 72.1. The molecule has 0 bridgehead atoms. The molecule has 4 heterocycles. The SMILES string of the molecule is CC[C@@]1(O)C(=O)OCc2c1cc1n(c2=O)Cc2c-1nc1cc(F)c(C)c3c1c2[C@@H](NC(=O)CN(CCNC(=O)OC(C)(C)C)CC(=O)OC(C)(C)C)CC3. The number of carbonyl (C=O) groups is 4. The minimum atomic E-state index is -2.02. The van der Waals surface area contributed by atoms with E-state index in [1.54, 1.807) is 66.4 Å². The minimum Gasteiger partial charge on any atom is -0.459 e. The fourth-order valence-electron chi connectivity index (χ4n) is 7.54. The zero-order chi connectivity index (χ0) is 39.5. The van der Waals surface area contributed by atoms with E-state index in [1.807, 2.05) is 0 Å². The number of benzene rings is 1. The Kier molecular flexibility index (Phi) is 10.1. The van der Waals surface area contributed by atoms with E-state index in [4.69, 9.17) is 19.2 Å². The predicted molar refractivity (Wildman–Crippen MR) is 195 cm³/mol. The van der Waals surface area contributed by atoms with Gasteiger partial charge in [-0.2, -0.15) is 0 Å². The van der Waals surface area contributed by atoms with Gasteiger partial charge in [-0.05, 0) is 90.5 Å². The van der Waals surface area contributed by atoms with E-state index in [2.05, 4.69) is 10.6 Å². The molecule has 2 amide bonds. The highest BCUT2D eigenvalue weighted by Crippen LogP contribution is 2.46. The molecule has 290 valence electrons. The van der Waals surface area contributed by atoms with E-state index in [-0.39, 0.29) is 56.9 Å². The zero-order valence-electron chi connectivity index (χ0n) is 32.0. The van der Waals surface area contributed by atoms with E-state index >= 15 is 4.39 Å². The van der Waals surface area contributed by atoms with Crippen molar-refractivity contribution in [1.82, 2.24) is 25.1 Å². The lowest BCUT2D eigenvalue weighted by Crippen LogP contribution is -2.46. The highest BCUT2D eigenvalue weighted by Gasteiger charge is 2.46. The van der Waals surface area contributed by atoms with Crippen molar-refractivity contribution in [3.8, 4) is 11.4 Å². The Morgan fingerprint density at radius 3 is 2.44 bits per heavy atom. The molecule has 3 aliphatic rings. The first-order valence-electron chi connectivity index (χ1n) is 18.2. The van der Waals surface area contributed by atoms with Crippen molar-refractivity contribution < 1.29 is 42.9 Å². The first-order chi connectivity index (χ1) is 25.2. The average Bonchev–Trinajstić information content (AvgIpc) is 3.42. The molecule has 14 nitrogen and oxygen atoms in total. The van der Waals surface area contributed by atoms with Crippen molar-refractivity contribution in [2.45, 2.75) is 111 Å². The highest BCUT2D eigenvalue weighted by molar-refractivity contribution is 5.94. The molecule has 0 saturated carbocycles. The number of fused-ring (bicyclic) bond motifs is 5. The predicted octanol–water partition coefficient (Wildman–Crippen LogP) is 3.80. The number of aromatic nitrogens is 2. The number of alkyl carbamates (subject to hydrolysis) is 1. The summed E-state index contributed by atoms with van der Waals surface area (Å²) in [5.41, 5.74) is 0.145. The zero-order valence-corrected chi connectivity index (χ0v) is 32.0. The number of amides is 2. The number of halogens is 1. The second kappa shape index (κ2) is 14.1. The summed E-state index contributed by atoms with van der Waals surface area (Å²) in [6.07, 6.45) is 0.214. The molecule has 15 heteroatoms. The lowest BCUT2D eigenvalue weighted by atomic mass is 9.81. The number of aliphatic hydroxyl groups is 1. The third kappa shape index (κ3) is 7.43.